The van der Waals surface area contributed by atoms with Crippen LogP contribution in [0.3, 0.4) is 0 Å². The molecule has 0 aliphatic heterocycles. The van der Waals surface area contributed by atoms with Crippen LogP contribution < -0.4 is 5.32 Å². The number of hydrogen-bond donors (Lipinski definition) is 1. The Balaban J connectivity index is 2.87. The molecule has 0 unspecified atom stereocenters. The highest BCUT2D eigenvalue weighted by molar-refractivity contribution is 9.10. The second kappa shape index (κ2) is 7.95. The monoisotopic (exact) mass is 366 g/mol. The molecular weight excluding hydrogens is 348 g/mol. The number of carbonyl (C=O) groups excluding carboxylic acids is 2. The fourth-order valence-corrected chi connectivity index (χ4v) is 2.15. The normalized spacial score (nSPS) is 12.1. The lowest BCUT2D eigenvalue weighted by Gasteiger charge is -2.21. The zero-order valence-corrected chi connectivity index (χ0v) is 14.4. The van der Waals surface area contributed by atoms with Gasteiger partial charge in [0.15, 0.2) is 0 Å². The third kappa shape index (κ3) is 5.86. The summed E-state index contributed by atoms with van der Waals surface area (Å²) in [5, 5.41) is 11.8. The quantitative estimate of drug-likeness (QED) is 0.784. The number of rotatable bonds is 6. The van der Waals surface area contributed by atoms with Crippen LogP contribution in [0.25, 0.3) is 0 Å². The van der Waals surface area contributed by atoms with Crippen LogP contribution in [-0.4, -0.2) is 19.0 Å². The summed E-state index contributed by atoms with van der Waals surface area (Å²) in [7, 11) is 1.31. The van der Waals surface area contributed by atoms with Crippen molar-refractivity contribution in [2.45, 2.75) is 32.7 Å². The molecule has 1 aromatic rings. The Morgan fingerprint density at radius 2 is 1.95 bits per heavy atom. The van der Waals surface area contributed by atoms with Crippen molar-refractivity contribution in [2.75, 3.05) is 7.11 Å². The van der Waals surface area contributed by atoms with Crippen molar-refractivity contribution in [1.29, 1.82) is 5.26 Å². The summed E-state index contributed by atoms with van der Waals surface area (Å²) in [5.41, 5.74) is 0.0521. The number of methoxy groups -OCH3 is 1. The molecule has 1 N–H and O–H groups in total. The molecule has 0 heterocycles. The van der Waals surface area contributed by atoms with Crippen LogP contribution in [0, 0.1) is 16.7 Å². The summed E-state index contributed by atoms with van der Waals surface area (Å²) in [4.78, 5) is 23.7. The van der Waals surface area contributed by atoms with Crippen molar-refractivity contribution in [3.8, 4) is 6.07 Å². The van der Waals surface area contributed by atoms with Crippen molar-refractivity contribution in [1.82, 2.24) is 5.32 Å². The van der Waals surface area contributed by atoms with Gasteiger partial charge in [0.25, 0.3) is 0 Å². The van der Waals surface area contributed by atoms with Crippen molar-refractivity contribution >= 4 is 27.8 Å². The highest BCUT2D eigenvalue weighted by Crippen LogP contribution is 2.23. The molecule has 0 bridgehead atoms. The van der Waals surface area contributed by atoms with Crippen LogP contribution in [0.15, 0.2) is 28.7 Å². The molecule has 0 radical (unpaired) electrons. The molecule has 0 fully saturated rings. The summed E-state index contributed by atoms with van der Waals surface area (Å²) >= 11 is 3.34. The number of esters is 1. The number of carbonyl (C=O) groups is 2. The maximum absolute atomic E-state index is 12.1. The van der Waals surface area contributed by atoms with Gasteiger partial charge in [-0.2, -0.15) is 5.26 Å². The van der Waals surface area contributed by atoms with Gasteiger partial charge < -0.3 is 10.1 Å². The zero-order valence-electron chi connectivity index (χ0n) is 12.9. The molecule has 22 heavy (non-hydrogen) atoms. The number of amides is 1. The van der Waals surface area contributed by atoms with Gasteiger partial charge in [0, 0.05) is 10.9 Å². The first-order valence-corrected chi connectivity index (χ1v) is 7.59. The number of benzene rings is 1. The third-order valence-electron chi connectivity index (χ3n) is 3.11. The predicted molar refractivity (Wildman–Crippen MR) is 85.7 cm³/mol. The molecule has 0 aliphatic carbocycles. The third-order valence-corrected chi connectivity index (χ3v) is 3.64. The van der Waals surface area contributed by atoms with Crippen LogP contribution in [0.1, 0.15) is 38.3 Å². The average Bonchev–Trinajstić information content (AvgIpc) is 2.46. The molecule has 1 aromatic carbocycles. The van der Waals surface area contributed by atoms with Gasteiger partial charge in [0.1, 0.15) is 0 Å². The minimum atomic E-state index is -0.750. The Kier molecular flexibility index (Phi) is 6.57. The number of nitrogens with zero attached hydrogens (tertiary/aromatic N) is 1. The van der Waals surface area contributed by atoms with E-state index >= 15 is 0 Å². The van der Waals surface area contributed by atoms with E-state index in [-0.39, 0.29) is 18.7 Å². The van der Waals surface area contributed by atoms with E-state index in [4.69, 9.17) is 5.26 Å². The van der Waals surface area contributed by atoms with Crippen LogP contribution in [0.5, 0.6) is 0 Å². The molecule has 0 aromatic heterocycles. The maximum atomic E-state index is 12.1. The summed E-state index contributed by atoms with van der Waals surface area (Å²) in [5.74, 6) is -0.684. The molecule has 1 amide bonds. The van der Waals surface area contributed by atoms with Crippen molar-refractivity contribution in [2.24, 2.45) is 5.41 Å². The first-order chi connectivity index (χ1) is 10.3. The Bertz CT molecular complexity index is 576. The van der Waals surface area contributed by atoms with Crippen LogP contribution in [0.2, 0.25) is 0 Å². The molecule has 0 saturated heterocycles. The number of hydrogen-bond acceptors (Lipinski definition) is 4. The molecule has 0 saturated carbocycles. The fourth-order valence-electron chi connectivity index (χ4n) is 1.88. The predicted octanol–water partition coefficient (Wildman–Crippen LogP) is 3.11. The van der Waals surface area contributed by atoms with E-state index in [0.717, 1.165) is 10.0 Å². The van der Waals surface area contributed by atoms with Crippen molar-refractivity contribution < 1.29 is 14.3 Å². The fraction of sp³-hybridized carbons (Fsp3) is 0.438. The Labute approximate surface area is 138 Å². The minimum absolute atomic E-state index is 0.0385. The van der Waals surface area contributed by atoms with Crippen molar-refractivity contribution in [3.05, 3.63) is 34.3 Å². The zero-order chi connectivity index (χ0) is 16.8. The van der Waals surface area contributed by atoms with Crippen LogP contribution in [-0.2, 0) is 14.3 Å². The SMILES string of the molecule is COC(=O)C[C@H](NC(=O)CC(C)(C)C#N)c1ccc(Br)cc1. The van der Waals surface area contributed by atoms with E-state index in [1.54, 1.807) is 13.8 Å². The largest absolute Gasteiger partial charge is 0.469 e. The first-order valence-electron chi connectivity index (χ1n) is 6.80. The first kappa shape index (κ1) is 18.2. The molecule has 118 valence electrons. The van der Waals surface area contributed by atoms with E-state index in [0.29, 0.717) is 0 Å². The van der Waals surface area contributed by atoms with Gasteiger partial charge >= 0.3 is 5.97 Å². The lowest BCUT2D eigenvalue weighted by molar-refractivity contribution is -0.141. The van der Waals surface area contributed by atoms with Crippen molar-refractivity contribution in [3.63, 3.8) is 0 Å². The standard InChI is InChI=1S/C16H19BrN2O3/c1-16(2,10-18)9-14(20)19-13(8-15(21)22-3)11-4-6-12(17)7-5-11/h4-7,13H,8-9H2,1-3H3,(H,19,20)/t13-/m0/s1. The number of halogens is 1. The lowest BCUT2D eigenvalue weighted by atomic mass is 9.90. The molecule has 5 nitrogen and oxygen atoms in total. The molecular formula is C16H19BrN2O3. The van der Waals surface area contributed by atoms with Gasteiger partial charge in [-0.05, 0) is 31.5 Å². The van der Waals surface area contributed by atoms with E-state index in [1.807, 2.05) is 24.3 Å². The van der Waals surface area contributed by atoms with E-state index in [1.165, 1.54) is 7.11 Å². The number of nitrogens with one attached hydrogen (secondary N) is 1. The Morgan fingerprint density at radius 1 is 1.36 bits per heavy atom. The molecule has 6 heteroatoms. The second-order valence-corrected chi connectivity index (χ2v) is 6.54. The van der Waals surface area contributed by atoms with Gasteiger partial charge in [-0.15, -0.1) is 0 Å². The topological polar surface area (TPSA) is 79.2 Å². The molecule has 1 atom stereocenters. The molecule has 0 aliphatic rings. The van der Waals surface area contributed by atoms with Gasteiger partial charge in [-0.25, -0.2) is 0 Å². The highest BCUT2D eigenvalue weighted by atomic mass is 79.9. The van der Waals surface area contributed by atoms with Gasteiger partial charge in [-0.3, -0.25) is 9.59 Å². The highest BCUT2D eigenvalue weighted by Gasteiger charge is 2.25. The van der Waals surface area contributed by atoms with Gasteiger partial charge in [0.05, 0.1) is 31.1 Å². The summed E-state index contributed by atoms with van der Waals surface area (Å²) in [6, 6.07) is 8.93. The second-order valence-electron chi connectivity index (χ2n) is 5.62. The summed E-state index contributed by atoms with van der Waals surface area (Å²) in [6.07, 6.45) is 0.106. The average molecular weight is 367 g/mol. The molecule has 0 spiro atoms. The number of ether oxygens (including phenoxy) is 1. The van der Waals surface area contributed by atoms with Gasteiger partial charge in [0.2, 0.25) is 5.91 Å². The van der Waals surface area contributed by atoms with E-state index in [2.05, 4.69) is 32.1 Å². The van der Waals surface area contributed by atoms with Gasteiger partial charge in [-0.1, -0.05) is 28.1 Å². The lowest BCUT2D eigenvalue weighted by Crippen LogP contribution is -2.33. The smallest absolute Gasteiger partial charge is 0.307 e. The summed E-state index contributed by atoms with van der Waals surface area (Å²) < 4.78 is 5.59. The van der Waals surface area contributed by atoms with Crippen LogP contribution in [0.4, 0.5) is 0 Å². The Hall–Kier alpha value is -1.87. The number of nitriles is 1. The Morgan fingerprint density at radius 3 is 2.45 bits per heavy atom. The summed E-state index contributed by atoms with van der Waals surface area (Å²) in [6.45, 7) is 3.39. The maximum Gasteiger partial charge on any atom is 0.307 e. The van der Waals surface area contributed by atoms with E-state index in [9.17, 15) is 9.59 Å². The minimum Gasteiger partial charge on any atom is -0.469 e. The van der Waals surface area contributed by atoms with E-state index < -0.39 is 17.4 Å². The molecule has 1 rings (SSSR count). The van der Waals surface area contributed by atoms with Crippen LogP contribution >= 0.6 is 15.9 Å².